The minimum Gasteiger partial charge on any atom is -0.455 e. The topological polar surface area (TPSA) is 195 Å². The number of carbonyl (C=O) groups is 5. The van der Waals surface area contributed by atoms with Gasteiger partial charge >= 0.3 is 17.9 Å². The normalized spacial score (nSPS) is 32.8. The van der Waals surface area contributed by atoms with Crippen molar-refractivity contribution < 1.29 is 58.2 Å². The number of carbonyl (C=O) groups excluding carboxylic acids is 5. The zero-order valence-electron chi connectivity index (χ0n) is 32.6. The molecule has 13 nitrogen and oxygen atoms in total. The molecule has 7 rings (SSSR count). The minimum atomic E-state index is -2.24. The quantitative estimate of drug-likeness (QED) is 0.180. The second-order valence-corrected chi connectivity index (χ2v) is 16.4. The van der Waals surface area contributed by atoms with Gasteiger partial charge in [-0.15, -0.1) is 0 Å². The summed E-state index contributed by atoms with van der Waals surface area (Å²) in [6, 6.07) is 23.3. The molecular weight excluding hydrogens is 746 g/mol. The van der Waals surface area contributed by atoms with Gasteiger partial charge in [0.1, 0.15) is 23.9 Å². The highest BCUT2D eigenvalue weighted by Crippen LogP contribution is 2.63. The Kier molecular flexibility index (Phi) is 10.6. The van der Waals surface area contributed by atoms with Gasteiger partial charge in [0.05, 0.1) is 35.6 Å². The lowest BCUT2D eigenvalue weighted by molar-refractivity contribution is -0.343. The van der Waals surface area contributed by atoms with Crippen LogP contribution in [-0.4, -0.2) is 93.2 Å². The van der Waals surface area contributed by atoms with Crippen LogP contribution in [0.5, 0.6) is 0 Å². The lowest BCUT2D eigenvalue weighted by Crippen LogP contribution is -2.80. The standard InChI is InChI=1S/C45H47NO12/c1-25-30-21-32(48)43(5)33(49)22-34-44(24-55-34,58-26(2)47)37(43)38(57-40(52)29-19-13-8-14-20-29)45(54,42(30,3)4)23-31(25)56-41(53)36(50)35(27-15-9-6-10-16-27)46-39(51)28-17-11-7-12-18-28/h6-21,31,33-38,49-50,54H,1,22-24H2,2-5H3,(H,46,51)/b30-21-/t31-,33-,34+,35-,36+,37?,38-,43+,44-,45+/m0/s1. The Morgan fingerprint density at radius 3 is 2.05 bits per heavy atom. The number of aliphatic hydroxyl groups is 3. The predicted molar refractivity (Wildman–Crippen MR) is 207 cm³/mol. The van der Waals surface area contributed by atoms with Gasteiger partial charge in [-0.25, -0.2) is 9.59 Å². The Morgan fingerprint density at radius 1 is 0.897 bits per heavy atom. The summed E-state index contributed by atoms with van der Waals surface area (Å²) in [5, 5.41) is 39.6. The summed E-state index contributed by atoms with van der Waals surface area (Å²) in [5.41, 5.74) is -6.09. The van der Waals surface area contributed by atoms with E-state index in [2.05, 4.69) is 11.9 Å². The Labute approximate surface area is 335 Å². The van der Waals surface area contributed by atoms with Gasteiger partial charge in [0, 0.05) is 30.7 Å². The number of amides is 1. The molecule has 3 aromatic carbocycles. The SMILES string of the molecule is C=C1/C2=C/C(=O)[C@@]3(C)C([C@H](OC(=O)c4ccccc4)[C@](O)(C[C@@H]1OC(=O)[C@H](O)[C@@H](NC(=O)c1ccccc1)c1ccccc1)C2(C)C)[C@]1(OC(C)=O)CO[C@@H]1C[C@@H]3O. The van der Waals surface area contributed by atoms with Crippen molar-refractivity contribution in [3.05, 3.63) is 131 Å². The fraction of sp³-hybridized carbons (Fsp3) is 0.400. The number of nitrogens with one attached hydrogen (secondary N) is 1. The molecule has 4 aliphatic rings. The van der Waals surface area contributed by atoms with Crippen LogP contribution in [0.4, 0.5) is 0 Å². The Morgan fingerprint density at radius 2 is 1.48 bits per heavy atom. The maximum Gasteiger partial charge on any atom is 0.338 e. The lowest BCUT2D eigenvalue weighted by atomic mass is 9.45. The molecule has 3 aromatic rings. The summed E-state index contributed by atoms with van der Waals surface area (Å²) in [4.78, 5) is 69.2. The van der Waals surface area contributed by atoms with E-state index >= 15 is 0 Å². The first-order chi connectivity index (χ1) is 27.5. The first-order valence-corrected chi connectivity index (χ1v) is 19.2. The molecule has 13 heteroatoms. The molecule has 58 heavy (non-hydrogen) atoms. The average Bonchev–Trinajstić information content (AvgIpc) is 3.20. The number of hydrogen-bond acceptors (Lipinski definition) is 12. The molecule has 4 N–H and O–H groups in total. The van der Waals surface area contributed by atoms with Crippen molar-refractivity contribution in [2.75, 3.05) is 6.61 Å². The van der Waals surface area contributed by atoms with Gasteiger partial charge in [-0.2, -0.15) is 0 Å². The largest absolute Gasteiger partial charge is 0.455 e. The summed E-state index contributed by atoms with van der Waals surface area (Å²) in [7, 11) is 0. The second-order valence-electron chi connectivity index (χ2n) is 16.4. The number of hydrogen-bond donors (Lipinski definition) is 4. The van der Waals surface area contributed by atoms with Crippen LogP contribution in [0.1, 0.15) is 72.9 Å². The maximum atomic E-state index is 14.8. The van der Waals surface area contributed by atoms with E-state index < -0.39 is 101 Å². The number of ether oxygens (including phenoxy) is 4. The number of benzene rings is 3. The van der Waals surface area contributed by atoms with Crippen molar-refractivity contribution in [1.29, 1.82) is 0 Å². The zero-order valence-corrected chi connectivity index (χ0v) is 32.6. The van der Waals surface area contributed by atoms with Crippen LogP contribution in [-0.2, 0) is 33.3 Å². The fourth-order valence-electron chi connectivity index (χ4n) is 9.38. The van der Waals surface area contributed by atoms with Gasteiger partial charge in [-0.1, -0.05) is 87.2 Å². The molecule has 0 aromatic heterocycles. The highest BCUT2D eigenvalue weighted by Gasteiger charge is 2.76. The molecule has 2 bridgehead atoms. The van der Waals surface area contributed by atoms with Crippen molar-refractivity contribution in [1.82, 2.24) is 5.32 Å². The van der Waals surface area contributed by atoms with Crippen molar-refractivity contribution >= 4 is 29.6 Å². The van der Waals surface area contributed by atoms with E-state index in [0.717, 1.165) is 0 Å². The van der Waals surface area contributed by atoms with Crippen LogP contribution in [0.15, 0.2) is 115 Å². The molecular formula is C45H47NO12. The van der Waals surface area contributed by atoms with Crippen molar-refractivity contribution in [3.63, 3.8) is 0 Å². The Bertz CT molecular complexity index is 2150. The number of aliphatic hydroxyl groups excluding tert-OH is 2. The Balaban J connectivity index is 1.32. The Hall–Kier alpha value is -5.47. The van der Waals surface area contributed by atoms with Gasteiger partial charge in [-0.05, 0) is 54.0 Å². The third-order valence-electron chi connectivity index (χ3n) is 12.8. The number of esters is 3. The van der Waals surface area contributed by atoms with Crippen LogP contribution >= 0.6 is 0 Å². The van der Waals surface area contributed by atoms with Crippen LogP contribution in [0.3, 0.4) is 0 Å². The van der Waals surface area contributed by atoms with E-state index in [1.54, 1.807) is 92.7 Å². The monoisotopic (exact) mass is 793 g/mol. The minimum absolute atomic E-state index is 0.0984. The summed E-state index contributed by atoms with van der Waals surface area (Å²) in [6.45, 7) is 9.93. The number of ketones is 1. The van der Waals surface area contributed by atoms with Crippen LogP contribution < -0.4 is 5.32 Å². The van der Waals surface area contributed by atoms with E-state index in [0.29, 0.717) is 5.56 Å². The van der Waals surface area contributed by atoms with Gasteiger partial charge in [0.2, 0.25) is 0 Å². The fourth-order valence-corrected chi connectivity index (χ4v) is 9.38. The molecule has 1 aliphatic heterocycles. The van der Waals surface area contributed by atoms with Crippen molar-refractivity contribution in [2.45, 2.75) is 88.3 Å². The summed E-state index contributed by atoms with van der Waals surface area (Å²) in [5.74, 6) is -5.36. The number of fused-ring (bicyclic) bond motifs is 5. The van der Waals surface area contributed by atoms with Gasteiger partial charge in [0.15, 0.2) is 17.5 Å². The van der Waals surface area contributed by atoms with Crippen molar-refractivity contribution in [3.8, 4) is 0 Å². The average molecular weight is 794 g/mol. The van der Waals surface area contributed by atoms with Crippen molar-refractivity contribution in [2.24, 2.45) is 16.7 Å². The molecule has 0 spiro atoms. The summed E-state index contributed by atoms with van der Waals surface area (Å²) >= 11 is 0. The maximum absolute atomic E-state index is 14.8. The second kappa shape index (κ2) is 15.0. The molecule has 3 fully saturated rings. The van der Waals surface area contributed by atoms with E-state index in [4.69, 9.17) is 18.9 Å². The third kappa shape index (κ3) is 6.55. The van der Waals surface area contributed by atoms with Gasteiger partial charge in [-0.3, -0.25) is 14.4 Å². The molecule has 10 atom stereocenters. The molecule has 304 valence electrons. The summed E-state index contributed by atoms with van der Waals surface area (Å²) < 4.78 is 24.2. The molecule has 1 saturated heterocycles. The van der Waals surface area contributed by atoms with Gasteiger partial charge in [0.25, 0.3) is 5.91 Å². The smallest absolute Gasteiger partial charge is 0.338 e. The van der Waals surface area contributed by atoms with E-state index in [-0.39, 0.29) is 35.3 Å². The van der Waals surface area contributed by atoms with E-state index in [9.17, 15) is 39.3 Å². The molecule has 0 radical (unpaired) electrons. The van der Waals surface area contributed by atoms with Crippen LogP contribution in [0.2, 0.25) is 0 Å². The molecule has 1 heterocycles. The van der Waals surface area contributed by atoms with Gasteiger partial charge < -0.3 is 39.6 Å². The van der Waals surface area contributed by atoms with E-state index in [1.807, 2.05) is 0 Å². The van der Waals surface area contributed by atoms with Crippen LogP contribution in [0.25, 0.3) is 0 Å². The predicted octanol–water partition coefficient (Wildman–Crippen LogP) is 3.97. The summed E-state index contributed by atoms with van der Waals surface area (Å²) in [6.07, 6.45) is -6.76. The molecule has 1 unspecified atom stereocenters. The molecule has 3 aliphatic carbocycles. The number of rotatable bonds is 9. The zero-order chi connectivity index (χ0) is 41.8. The van der Waals surface area contributed by atoms with Crippen LogP contribution in [0, 0.1) is 16.7 Å². The lowest BCUT2D eigenvalue weighted by Gasteiger charge is -2.66. The highest BCUT2D eigenvalue weighted by atomic mass is 16.6. The first-order valence-electron chi connectivity index (χ1n) is 19.2. The van der Waals surface area contributed by atoms with E-state index in [1.165, 1.54) is 32.1 Å². The molecule has 2 saturated carbocycles. The number of allylic oxidation sites excluding steroid dienone is 1. The molecule has 1 amide bonds. The first kappa shape index (κ1) is 40.7. The highest BCUT2D eigenvalue weighted by molar-refractivity contribution is 5.98. The third-order valence-corrected chi connectivity index (χ3v) is 12.8.